The van der Waals surface area contributed by atoms with Crippen molar-refractivity contribution in [1.29, 1.82) is 0 Å². The summed E-state index contributed by atoms with van der Waals surface area (Å²) in [7, 11) is 0. The smallest absolute Gasteiger partial charge is 0.311 e. The van der Waals surface area contributed by atoms with Gasteiger partial charge in [0.05, 0.1) is 12.1 Å². The van der Waals surface area contributed by atoms with Gasteiger partial charge in [-0.25, -0.2) is 0 Å². The number of halogens is 1. The molecule has 0 aromatic heterocycles. The van der Waals surface area contributed by atoms with Crippen LogP contribution in [0.4, 0.5) is 4.39 Å². The van der Waals surface area contributed by atoms with E-state index in [0.29, 0.717) is 11.3 Å². The van der Waals surface area contributed by atoms with Crippen molar-refractivity contribution in [2.24, 2.45) is 45.8 Å². The lowest BCUT2D eigenvalue weighted by Crippen LogP contribution is -2.50. The van der Waals surface area contributed by atoms with E-state index in [4.69, 9.17) is 4.74 Å². The Morgan fingerprint density at radius 1 is 1.06 bits per heavy atom. The third-order valence-corrected chi connectivity index (χ3v) is 10.7. The zero-order valence-corrected chi connectivity index (χ0v) is 23.6. The van der Waals surface area contributed by atoms with Gasteiger partial charge < -0.3 is 4.74 Å². The highest BCUT2D eigenvalue weighted by Gasteiger charge is 2.57. The molecule has 2 nitrogen and oxygen atoms in total. The van der Waals surface area contributed by atoms with Gasteiger partial charge in [-0.3, -0.25) is 9.18 Å². The molecule has 0 saturated heterocycles. The van der Waals surface area contributed by atoms with Gasteiger partial charge in [0.1, 0.15) is 6.10 Å². The number of rotatable bonds is 7. The largest absolute Gasteiger partial charge is 0.462 e. The van der Waals surface area contributed by atoms with Crippen LogP contribution >= 0.6 is 0 Å². The standard InChI is InChI=1S/C32H51FO2/c1-21(20-33)9-8-10-22(2)26-13-14-27-25-12-11-23-19-24(35-29(34)30(3,4)5)15-17-31(23,6)28(25)16-18-32(26,27)7/h11,13,21-22,24-25,27-28H,8-10,12,14-20H2,1-7H3/t21-,22-,24?,25?,27?,28?,31?,32?/m1/s1. The molecule has 0 amide bonds. The van der Waals surface area contributed by atoms with E-state index in [1.54, 1.807) is 11.1 Å². The van der Waals surface area contributed by atoms with E-state index in [-0.39, 0.29) is 30.1 Å². The maximum Gasteiger partial charge on any atom is 0.311 e. The van der Waals surface area contributed by atoms with Crippen LogP contribution in [0.15, 0.2) is 23.3 Å². The predicted octanol–water partition coefficient (Wildman–Crippen LogP) is 8.86. The molecule has 0 bridgehead atoms. The summed E-state index contributed by atoms with van der Waals surface area (Å²) in [6.45, 7) is 15.2. The van der Waals surface area contributed by atoms with E-state index in [0.717, 1.165) is 49.9 Å². The molecule has 4 aliphatic carbocycles. The SMILES string of the molecule is C[C@@H](CF)CCC[C@@H](C)C1=CCC2C3CC=C4CC(OC(=O)C(C)(C)C)CCC4(C)C3CCC12C. The molecule has 0 N–H and O–H groups in total. The highest BCUT2D eigenvalue weighted by molar-refractivity contribution is 5.75. The summed E-state index contributed by atoms with van der Waals surface area (Å²) in [5.41, 5.74) is 3.46. The monoisotopic (exact) mass is 486 g/mol. The Balaban J connectivity index is 1.43. The number of allylic oxidation sites excluding steroid dienone is 3. The molecule has 2 saturated carbocycles. The number of ether oxygens (including phenoxy) is 1. The minimum Gasteiger partial charge on any atom is -0.462 e. The van der Waals surface area contributed by atoms with Gasteiger partial charge in [0.15, 0.2) is 0 Å². The van der Waals surface area contributed by atoms with Crippen LogP contribution in [0.1, 0.15) is 113 Å². The maximum absolute atomic E-state index is 12.9. The van der Waals surface area contributed by atoms with Gasteiger partial charge in [0, 0.05) is 6.42 Å². The van der Waals surface area contributed by atoms with Gasteiger partial charge >= 0.3 is 5.97 Å². The van der Waals surface area contributed by atoms with Crippen molar-refractivity contribution < 1.29 is 13.9 Å². The summed E-state index contributed by atoms with van der Waals surface area (Å²) in [4.78, 5) is 12.5. The van der Waals surface area contributed by atoms with Crippen molar-refractivity contribution in [3.05, 3.63) is 23.3 Å². The Kier molecular flexibility index (Phi) is 7.67. The maximum atomic E-state index is 12.9. The summed E-state index contributed by atoms with van der Waals surface area (Å²) < 4.78 is 18.8. The minimum atomic E-state index is -0.434. The van der Waals surface area contributed by atoms with Crippen LogP contribution in [0.2, 0.25) is 0 Å². The minimum absolute atomic E-state index is 0.0483. The molecule has 0 aromatic rings. The summed E-state index contributed by atoms with van der Waals surface area (Å²) in [5.74, 6) is 3.04. The van der Waals surface area contributed by atoms with Crippen LogP contribution in [0.5, 0.6) is 0 Å². The van der Waals surface area contributed by atoms with Crippen molar-refractivity contribution in [3.63, 3.8) is 0 Å². The van der Waals surface area contributed by atoms with Gasteiger partial charge in [0.25, 0.3) is 0 Å². The van der Waals surface area contributed by atoms with E-state index < -0.39 is 5.41 Å². The van der Waals surface area contributed by atoms with Gasteiger partial charge in [-0.15, -0.1) is 0 Å². The Labute approximate surface area is 214 Å². The average molecular weight is 487 g/mol. The van der Waals surface area contributed by atoms with Crippen molar-refractivity contribution in [3.8, 4) is 0 Å². The highest BCUT2D eigenvalue weighted by atomic mass is 19.1. The molecule has 8 atom stereocenters. The fourth-order valence-electron chi connectivity index (χ4n) is 8.43. The van der Waals surface area contributed by atoms with Crippen LogP contribution in [-0.2, 0) is 9.53 Å². The molecular weight excluding hydrogens is 435 g/mol. The summed E-state index contributed by atoms with van der Waals surface area (Å²) >= 11 is 0. The van der Waals surface area contributed by atoms with Gasteiger partial charge in [0.2, 0.25) is 0 Å². The van der Waals surface area contributed by atoms with Crippen LogP contribution in [-0.4, -0.2) is 18.7 Å². The van der Waals surface area contributed by atoms with Crippen LogP contribution in [0, 0.1) is 45.8 Å². The predicted molar refractivity (Wildman–Crippen MR) is 143 cm³/mol. The number of carbonyl (C=O) groups is 1. The highest BCUT2D eigenvalue weighted by Crippen LogP contribution is 2.66. The van der Waals surface area contributed by atoms with E-state index in [1.165, 1.54) is 32.1 Å². The molecule has 4 aliphatic rings. The molecule has 2 fully saturated rings. The lowest BCUT2D eigenvalue weighted by Gasteiger charge is -2.58. The first-order valence-corrected chi connectivity index (χ1v) is 14.6. The molecule has 0 heterocycles. The Bertz CT molecular complexity index is 850. The van der Waals surface area contributed by atoms with Crippen LogP contribution < -0.4 is 0 Å². The molecule has 35 heavy (non-hydrogen) atoms. The van der Waals surface area contributed by atoms with Crippen molar-refractivity contribution >= 4 is 5.97 Å². The summed E-state index contributed by atoms with van der Waals surface area (Å²) in [6, 6.07) is 0. The average Bonchev–Trinajstić information content (AvgIpc) is 3.15. The molecule has 4 rings (SSSR count). The van der Waals surface area contributed by atoms with Gasteiger partial charge in [-0.05, 0) is 113 Å². The topological polar surface area (TPSA) is 26.3 Å². The van der Waals surface area contributed by atoms with Crippen molar-refractivity contribution in [1.82, 2.24) is 0 Å². The number of hydrogen-bond donors (Lipinski definition) is 0. The molecule has 198 valence electrons. The Morgan fingerprint density at radius 2 is 1.77 bits per heavy atom. The second kappa shape index (κ2) is 9.97. The van der Waals surface area contributed by atoms with Crippen LogP contribution in [0.3, 0.4) is 0 Å². The Hall–Kier alpha value is -1.12. The van der Waals surface area contributed by atoms with E-state index >= 15 is 0 Å². The van der Waals surface area contributed by atoms with Gasteiger partial charge in [-0.1, -0.05) is 57.4 Å². The van der Waals surface area contributed by atoms with Gasteiger partial charge in [-0.2, -0.15) is 0 Å². The fourth-order valence-corrected chi connectivity index (χ4v) is 8.43. The second-order valence-corrected chi connectivity index (χ2v) is 14.2. The van der Waals surface area contributed by atoms with Crippen molar-refractivity contribution in [2.75, 3.05) is 6.67 Å². The van der Waals surface area contributed by atoms with E-state index in [1.807, 2.05) is 27.7 Å². The fraction of sp³-hybridized carbons (Fsp3) is 0.844. The summed E-state index contributed by atoms with van der Waals surface area (Å²) in [5, 5.41) is 0. The van der Waals surface area contributed by atoms with Crippen molar-refractivity contribution in [2.45, 2.75) is 119 Å². The third-order valence-electron chi connectivity index (χ3n) is 10.7. The second-order valence-electron chi connectivity index (χ2n) is 14.2. The first kappa shape index (κ1) is 26.9. The normalized spacial score (nSPS) is 38.4. The third kappa shape index (κ3) is 5.04. The number of carbonyl (C=O) groups excluding carboxylic acids is 1. The lowest BCUT2D eigenvalue weighted by atomic mass is 9.47. The zero-order valence-electron chi connectivity index (χ0n) is 23.6. The first-order chi connectivity index (χ1) is 16.4. The number of fused-ring (bicyclic) bond motifs is 5. The lowest BCUT2D eigenvalue weighted by molar-refractivity contribution is -0.160. The van der Waals surface area contributed by atoms with Crippen LogP contribution in [0.25, 0.3) is 0 Å². The number of hydrogen-bond acceptors (Lipinski definition) is 2. The molecule has 0 aromatic carbocycles. The number of esters is 1. The van der Waals surface area contributed by atoms with E-state index in [2.05, 4.69) is 32.9 Å². The molecule has 0 spiro atoms. The molecule has 6 unspecified atom stereocenters. The molecular formula is C32H51FO2. The Morgan fingerprint density at radius 3 is 2.46 bits per heavy atom. The molecule has 3 heteroatoms. The van der Waals surface area contributed by atoms with E-state index in [9.17, 15) is 9.18 Å². The molecule has 0 aliphatic heterocycles. The molecule has 0 radical (unpaired) electrons. The number of alkyl halides is 1. The first-order valence-electron chi connectivity index (χ1n) is 14.6. The quantitative estimate of drug-likeness (QED) is 0.265. The summed E-state index contributed by atoms with van der Waals surface area (Å²) in [6.07, 6.45) is 16.7. The zero-order chi connectivity index (χ0) is 25.6.